The lowest BCUT2D eigenvalue weighted by molar-refractivity contribution is -0.120. The Morgan fingerprint density at radius 3 is 2.41 bits per heavy atom. The molecule has 0 bridgehead atoms. The van der Waals surface area contributed by atoms with Gasteiger partial charge in [0.2, 0.25) is 5.91 Å². The third-order valence-corrected chi connectivity index (χ3v) is 5.24. The monoisotopic (exact) mass is 331 g/mol. The van der Waals surface area contributed by atoms with Gasteiger partial charge in [0.1, 0.15) is 0 Å². The highest BCUT2D eigenvalue weighted by molar-refractivity contribution is 8.00. The van der Waals surface area contributed by atoms with Crippen LogP contribution in [0.5, 0.6) is 0 Å². The van der Waals surface area contributed by atoms with Crippen LogP contribution in [0.15, 0.2) is 64.4 Å². The molecule has 1 atom stereocenters. The minimum absolute atomic E-state index is 0.0771. The van der Waals surface area contributed by atoms with Gasteiger partial charge in [0.05, 0.1) is 5.25 Å². The summed E-state index contributed by atoms with van der Waals surface area (Å²) in [5, 5.41) is 2.93. The minimum atomic E-state index is -0.0771. The van der Waals surface area contributed by atoms with Gasteiger partial charge in [0.15, 0.2) is 0 Å². The number of hydrogen-bond acceptors (Lipinski definition) is 3. The van der Waals surface area contributed by atoms with E-state index in [1.807, 2.05) is 37.3 Å². The number of amides is 1. The Kier molecular flexibility index (Phi) is 6.87. The fourth-order valence-electron chi connectivity index (χ4n) is 1.88. The second-order valence-electron chi connectivity index (χ2n) is 5.03. The molecule has 0 saturated carbocycles. The van der Waals surface area contributed by atoms with Crippen molar-refractivity contribution in [3.05, 3.63) is 60.2 Å². The standard InChI is InChI=1S/C18H21NOS2/c1-14-8-10-16(11-9-14)21-13-12-19-18(20)15(2)22-17-6-4-3-5-7-17/h3-11,15H,12-13H2,1-2H3,(H,19,20)/t15-/m0/s1. The molecule has 116 valence electrons. The fourth-order valence-corrected chi connectivity index (χ4v) is 3.56. The highest BCUT2D eigenvalue weighted by Gasteiger charge is 2.13. The number of benzene rings is 2. The highest BCUT2D eigenvalue weighted by Crippen LogP contribution is 2.22. The lowest BCUT2D eigenvalue weighted by Crippen LogP contribution is -2.32. The van der Waals surface area contributed by atoms with Crippen molar-refractivity contribution in [2.75, 3.05) is 12.3 Å². The van der Waals surface area contributed by atoms with Crippen LogP contribution in [0.4, 0.5) is 0 Å². The first-order chi connectivity index (χ1) is 10.6. The van der Waals surface area contributed by atoms with E-state index in [2.05, 4.69) is 36.5 Å². The molecule has 0 unspecified atom stereocenters. The Labute approximate surface area is 141 Å². The van der Waals surface area contributed by atoms with Gasteiger partial charge in [-0.1, -0.05) is 35.9 Å². The van der Waals surface area contributed by atoms with Crippen LogP contribution in [-0.4, -0.2) is 23.5 Å². The second kappa shape index (κ2) is 8.91. The molecule has 4 heteroatoms. The smallest absolute Gasteiger partial charge is 0.233 e. The summed E-state index contributed by atoms with van der Waals surface area (Å²) >= 11 is 3.35. The van der Waals surface area contributed by atoms with Crippen molar-refractivity contribution >= 4 is 29.4 Å². The van der Waals surface area contributed by atoms with E-state index >= 15 is 0 Å². The zero-order chi connectivity index (χ0) is 15.8. The summed E-state index contributed by atoms with van der Waals surface area (Å²) in [5.41, 5.74) is 1.27. The first-order valence-corrected chi connectivity index (χ1v) is 9.20. The van der Waals surface area contributed by atoms with Crippen LogP contribution in [0.25, 0.3) is 0 Å². The summed E-state index contributed by atoms with van der Waals surface area (Å²) < 4.78 is 0. The molecule has 0 radical (unpaired) electrons. The number of carbonyl (C=O) groups excluding carboxylic acids is 1. The predicted octanol–water partition coefficient (Wildman–Crippen LogP) is 4.38. The van der Waals surface area contributed by atoms with Crippen molar-refractivity contribution in [1.29, 1.82) is 0 Å². The van der Waals surface area contributed by atoms with Crippen molar-refractivity contribution in [3.8, 4) is 0 Å². The first kappa shape index (κ1) is 17.0. The van der Waals surface area contributed by atoms with E-state index in [4.69, 9.17) is 0 Å². The molecule has 2 aromatic rings. The van der Waals surface area contributed by atoms with E-state index in [-0.39, 0.29) is 11.2 Å². The van der Waals surface area contributed by atoms with Crippen LogP contribution < -0.4 is 5.32 Å². The summed E-state index contributed by atoms with van der Waals surface area (Å²) in [5.74, 6) is 0.982. The van der Waals surface area contributed by atoms with E-state index < -0.39 is 0 Å². The molecule has 0 saturated heterocycles. The number of thioether (sulfide) groups is 2. The van der Waals surface area contributed by atoms with Crippen LogP contribution in [-0.2, 0) is 4.79 Å². The Hall–Kier alpha value is -1.39. The van der Waals surface area contributed by atoms with Gasteiger partial charge < -0.3 is 5.32 Å². The number of aryl methyl sites for hydroxylation is 1. The van der Waals surface area contributed by atoms with Crippen LogP contribution in [0.2, 0.25) is 0 Å². The molecule has 1 N–H and O–H groups in total. The van der Waals surface area contributed by atoms with E-state index in [0.29, 0.717) is 6.54 Å². The molecule has 0 aliphatic carbocycles. The molecule has 1 amide bonds. The first-order valence-electron chi connectivity index (χ1n) is 7.34. The van der Waals surface area contributed by atoms with Crippen molar-refractivity contribution in [3.63, 3.8) is 0 Å². The third-order valence-electron chi connectivity index (χ3n) is 3.12. The van der Waals surface area contributed by atoms with E-state index in [1.54, 1.807) is 23.5 Å². The molecule has 0 spiro atoms. The fraction of sp³-hybridized carbons (Fsp3) is 0.278. The quantitative estimate of drug-likeness (QED) is 0.603. The van der Waals surface area contributed by atoms with Crippen LogP contribution in [0, 0.1) is 6.92 Å². The Morgan fingerprint density at radius 2 is 1.73 bits per heavy atom. The molecule has 0 aliphatic heterocycles. The Bertz CT molecular complexity index is 584. The van der Waals surface area contributed by atoms with E-state index in [9.17, 15) is 4.79 Å². The van der Waals surface area contributed by atoms with Crippen molar-refractivity contribution in [2.24, 2.45) is 0 Å². The van der Waals surface area contributed by atoms with Crippen molar-refractivity contribution in [2.45, 2.75) is 28.9 Å². The number of nitrogens with one attached hydrogen (secondary N) is 1. The van der Waals surface area contributed by atoms with Crippen molar-refractivity contribution in [1.82, 2.24) is 5.32 Å². The molecular formula is C18H21NOS2. The maximum absolute atomic E-state index is 12.1. The minimum Gasteiger partial charge on any atom is -0.354 e. The highest BCUT2D eigenvalue weighted by atomic mass is 32.2. The van der Waals surface area contributed by atoms with Gasteiger partial charge in [-0.15, -0.1) is 23.5 Å². The summed E-state index contributed by atoms with van der Waals surface area (Å²) in [6.45, 7) is 4.72. The molecule has 0 fully saturated rings. The zero-order valence-corrected chi connectivity index (χ0v) is 14.5. The summed E-state index contributed by atoms with van der Waals surface area (Å²) in [6.07, 6.45) is 0. The van der Waals surface area contributed by atoms with Gasteiger partial charge in [0, 0.05) is 22.1 Å². The van der Waals surface area contributed by atoms with Gasteiger partial charge in [-0.2, -0.15) is 0 Å². The van der Waals surface area contributed by atoms with Gasteiger partial charge in [-0.3, -0.25) is 4.79 Å². The lowest BCUT2D eigenvalue weighted by atomic mass is 10.2. The van der Waals surface area contributed by atoms with Crippen molar-refractivity contribution < 1.29 is 4.79 Å². The molecule has 2 nitrogen and oxygen atoms in total. The third kappa shape index (κ3) is 5.78. The van der Waals surface area contributed by atoms with E-state index in [0.717, 1.165) is 10.6 Å². The molecule has 2 aromatic carbocycles. The molecule has 22 heavy (non-hydrogen) atoms. The van der Waals surface area contributed by atoms with E-state index in [1.165, 1.54) is 10.5 Å². The van der Waals surface area contributed by atoms with Gasteiger partial charge in [0.25, 0.3) is 0 Å². The van der Waals surface area contributed by atoms with Gasteiger partial charge in [-0.05, 0) is 38.1 Å². The number of rotatable bonds is 7. The van der Waals surface area contributed by atoms with Crippen LogP contribution in [0.1, 0.15) is 12.5 Å². The van der Waals surface area contributed by atoms with Gasteiger partial charge in [-0.25, -0.2) is 0 Å². The summed E-state index contributed by atoms with van der Waals surface area (Å²) in [7, 11) is 0. The number of carbonyl (C=O) groups is 1. The molecular weight excluding hydrogens is 310 g/mol. The van der Waals surface area contributed by atoms with Crippen LogP contribution >= 0.6 is 23.5 Å². The maximum Gasteiger partial charge on any atom is 0.233 e. The topological polar surface area (TPSA) is 29.1 Å². The Balaban J connectivity index is 1.67. The van der Waals surface area contributed by atoms with Crippen LogP contribution in [0.3, 0.4) is 0 Å². The predicted molar refractivity (Wildman–Crippen MR) is 96.7 cm³/mol. The SMILES string of the molecule is Cc1ccc(SCCNC(=O)[C@H](C)Sc2ccccc2)cc1. The molecule has 0 aromatic heterocycles. The zero-order valence-electron chi connectivity index (χ0n) is 12.9. The maximum atomic E-state index is 12.1. The molecule has 2 rings (SSSR count). The van der Waals surface area contributed by atoms with Gasteiger partial charge >= 0.3 is 0 Å². The average molecular weight is 332 g/mol. The average Bonchev–Trinajstić information content (AvgIpc) is 2.54. The number of hydrogen-bond donors (Lipinski definition) is 1. The lowest BCUT2D eigenvalue weighted by Gasteiger charge is -2.11. The largest absolute Gasteiger partial charge is 0.354 e. The Morgan fingerprint density at radius 1 is 1.05 bits per heavy atom. The summed E-state index contributed by atoms with van der Waals surface area (Å²) in [6, 6.07) is 18.5. The summed E-state index contributed by atoms with van der Waals surface area (Å²) in [4.78, 5) is 14.4. The second-order valence-corrected chi connectivity index (χ2v) is 7.61. The molecule has 0 aliphatic rings. The normalized spacial score (nSPS) is 11.9. The molecule has 0 heterocycles.